The SMILES string of the molecule is Cn1cnc(CNCc2cnn(CCO)c2)n1. The van der Waals surface area contributed by atoms with Crippen LogP contribution < -0.4 is 5.32 Å². The van der Waals surface area contributed by atoms with Crippen molar-refractivity contribution in [3.05, 3.63) is 30.1 Å². The van der Waals surface area contributed by atoms with Gasteiger partial charge in [0, 0.05) is 25.4 Å². The number of nitrogens with one attached hydrogen (secondary N) is 1. The molecule has 7 nitrogen and oxygen atoms in total. The van der Waals surface area contributed by atoms with Crippen molar-refractivity contribution >= 4 is 0 Å². The highest BCUT2D eigenvalue weighted by Crippen LogP contribution is 1.97. The lowest BCUT2D eigenvalue weighted by Gasteiger charge is -1.99. The molecule has 0 aliphatic rings. The van der Waals surface area contributed by atoms with Gasteiger partial charge in [-0.1, -0.05) is 0 Å². The second-order valence-electron chi connectivity index (χ2n) is 3.77. The molecular weight excluding hydrogens is 220 g/mol. The Morgan fingerprint density at radius 1 is 1.41 bits per heavy atom. The molecular formula is C10H16N6O. The van der Waals surface area contributed by atoms with Crippen LogP contribution in [0, 0.1) is 0 Å². The molecule has 0 radical (unpaired) electrons. The summed E-state index contributed by atoms with van der Waals surface area (Å²) in [4.78, 5) is 4.12. The van der Waals surface area contributed by atoms with Crippen molar-refractivity contribution in [1.82, 2.24) is 29.9 Å². The highest BCUT2D eigenvalue weighted by molar-refractivity contribution is 5.03. The molecule has 0 aromatic carbocycles. The number of aliphatic hydroxyl groups excluding tert-OH is 1. The first-order chi connectivity index (χ1) is 8.28. The minimum atomic E-state index is 0.104. The predicted octanol–water partition coefficient (Wildman–Crippen LogP) is -0.706. The van der Waals surface area contributed by atoms with E-state index in [1.165, 1.54) is 0 Å². The van der Waals surface area contributed by atoms with Crippen LogP contribution in [0.1, 0.15) is 11.4 Å². The fourth-order valence-corrected chi connectivity index (χ4v) is 1.51. The van der Waals surface area contributed by atoms with E-state index in [4.69, 9.17) is 5.11 Å². The van der Waals surface area contributed by atoms with Gasteiger partial charge in [0.25, 0.3) is 0 Å². The summed E-state index contributed by atoms with van der Waals surface area (Å²) in [7, 11) is 1.84. The number of aliphatic hydroxyl groups is 1. The van der Waals surface area contributed by atoms with Crippen LogP contribution >= 0.6 is 0 Å². The number of aromatic nitrogens is 5. The second-order valence-corrected chi connectivity index (χ2v) is 3.77. The van der Waals surface area contributed by atoms with Gasteiger partial charge in [-0.2, -0.15) is 10.2 Å². The number of hydrogen-bond acceptors (Lipinski definition) is 5. The maximum atomic E-state index is 8.76. The molecule has 0 saturated heterocycles. The second kappa shape index (κ2) is 5.55. The van der Waals surface area contributed by atoms with E-state index in [-0.39, 0.29) is 6.61 Å². The summed E-state index contributed by atoms with van der Waals surface area (Å²) < 4.78 is 3.40. The maximum Gasteiger partial charge on any atom is 0.164 e. The molecule has 0 saturated carbocycles. The van der Waals surface area contributed by atoms with Gasteiger partial charge in [0.1, 0.15) is 6.33 Å². The van der Waals surface area contributed by atoms with Crippen LogP contribution in [0.2, 0.25) is 0 Å². The van der Waals surface area contributed by atoms with Crippen molar-refractivity contribution in [2.45, 2.75) is 19.6 Å². The first-order valence-corrected chi connectivity index (χ1v) is 5.45. The summed E-state index contributed by atoms with van der Waals surface area (Å²) in [5, 5.41) is 20.3. The zero-order chi connectivity index (χ0) is 12.1. The van der Waals surface area contributed by atoms with Gasteiger partial charge in [-0.3, -0.25) is 9.36 Å². The van der Waals surface area contributed by atoms with E-state index < -0.39 is 0 Å². The highest BCUT2D eigenvalue weighted by Gasteiger charge is 2.00. The predicted molar refractivity (Wildman–Crippen MR) is 60.9 cm³/mol. The van der Waals surface area contributed by atoms with Crippen molar-refractivity contribution in [3.63, 3.8) is 0 Å². The monoisotopic (exact) mass is 236 g/mol. The highest BCUT2D eigenvalue weighted by atomic mass is 16.3. The molecule has 2 aromatic heterocycles. The summed E-state index contributed by atoms with van der Waals surface area (Å²) in [5.74, 6) is 0.773. The molecule has 2 aromatic rings. The van der Waals surface area contributed by atoms with Crippen molar-refractivity contribution in [2.24, 2.45) is 7.05 Å². The normalized spacial score (nSPS) is 10.9. The van der Waals surface area contributed by atoms with E-state index in [0.717, 1.165) is 11.4 Å². The number of aryl methyl sites for hydroxylation is 1. The van der Waals surface area contributed by atoms with Crippen LogP contribution in [0.25, 0.3) is 0 Å². The van der Waals surface area contributed by atoms with E-state index in [1.54, 1.807) is 21.9 Å². The van der Waals surface area contributed by atoms with Gasteiger partial charge in [0.05, 0.1) is 25.9 Å². The van der Waals surface area contributed by atoms with Crippen LogP contribution in [-0.4, -0.2) is 36.3 Å². The molecule has 2 heterocycles. The Labute approximate surface area is 99.1 Å². The molecule has 0 spiro atoms. The maximum absolute atomic E-state index is 8.76. The molecule has 0 atom stereocenters. The van der Waals surface area contributed by atoms with E-state index in [9.17, 15) is 0 Å². The van der Waals surface area contributed by atoms with E-state index in [0.29, 0.717) is 19.6 Å². The summed E-state index contributed by atoms with van der Waals surface area (Å²) >= 11 is 0. The van der Waals surface area contributed by atoms with Crippen molar-refractivity contribution < 1.29 is 5.11 Å². The van der Waals surface area contributed by atoms with Crippen LogP contribution in [0.3, 0.4) is 0 Å². The lowest BCUT2D eigenvalue weighted by molar-refractivity contribution is 0.269. The summed E-state index contributed by atoms with van der Waals surface area (Å²) in [6.07, 6.45) is 5.37. The van der Waals surface area contributed by atoms with Crippen LogP contribution in [0.15, 0.2) is 18.7 Å². The quantitative estimate of drug-likeness (QED) is 0.693. The Morgan fingerprint density at radius 2 is 2.29 bits per heavy atom. The first-order valence-electron chi connectivity index (χ1n) is 5.45. The molecule has 17 heavy (non-hydrogen) atoms. The van der Waals surface area contributed by atoms with Crippen molar-refractivity contribution in [1.29, 1.82) is 0 Å². The third-order valence-electron chi connectivity index (χ3n) is 2.28. The standard InChI is InChI=1S/C10H16N6O/c1-15-8-12-10(14-15)6-11-4-9-5-13-16(7-9)2-3-17/h5,7-8,11,17H,2-4,6H2,1H3. The molecule has 0 amide bonds. The minimum Gasteiger partial charge on any atom is -0.394 e. The van der Waals surface area contributed by atoms with Gasteiger partial charge >= 0.3 is 0 Å². The number of rotatable bonds is 6. The Hall–Kier alpha value is -1.73. The number of nitrogens with zero attached hydrogens (tertiary/aromatic N) is 5. The largest absolute Gasteiger partial charge is 0.394 e. The molecule has 92 valence electrons. The Kier molecular flexibility index (Phi) is 3.84. The fraction of sp³-hybridized carbons (Fsp3) is 0.500. The Balaban J connectivity index is 1.77. The van der Waals surface area contributed by atoms with Crippen molar-refractivity contribution in [3.8, 4) is 0 Å². The average molecular weight is 236 g/mol. The first kappa shape index (κ1) is 11.7. The molecule has 0 fully saturated rings. The summed E-state index contributed by atoms with van der Waals surface area (Å²) in [6.45, 7) is 1.98. The zero-order valence-corrected chi connectivity index (χ0v) is 9.74. The van der Waals surface area contributed by atoms with Crippen LogP contribution in [0.5, 0.6) is 0 Å². The molecule has 2 N–H and O–H groups in total. The Morgan fingerprint density at radius 3 is 3.00 bits per heavy atom. The topological polar surface area (TPSA) is 80.8 Å². The van der Waals surface area contributed by atoms with Gasteiger partial charge in [-0.25, -0.2) is 4.98 Å². The van der Waals surface area contributed by atoms with Crippen LogP contribution in [0.4, 0.5) is 0 Å². The minimum absolute atomic E-state index is 0.104. The average Bonchev–Trinajstić information content (AvgIpc) is 2.89. The van der Waals surface area contributed by atoms with E-state index >= 15 is 0 Å². The fourth-order valence-electron chi connectivity index (χ4n) is 1.51. The third kappa shape index (κ3) is 3.36. The van der Waals surface area contributed by atoms with E-state index in [2.05, 4.69) is 20.5 Å². The molecule has 0 aliphatic carbocycles. The lowest BCUT2D eigenvalue weighted by atomic mass is 10.3. The van der Waals surface area contributed by atoms with Gasteiger partial charge in [0.15, 0.2) is 5.82 Å². The third-order valence-corrected chi connectivity index (χ3v) is 2.28. The smallest absolute Gasteiger partial charge is 0.164 e. The van der Waals surface area contributed by atoms with Crippen molar-refractivity contribution in [2.75, 3.05) is 6.61 Å². The summed E-state index contributed by atoms with van der Waals surface area (Å²) in [6, 6.07) is 0. The van der Waals surface area contributed by atoms with Gasteiger partial charge < -0.3 is 10.4 Å². The summed E-state index contributed by atoms with van der Waals surface area (Å²) in [5.41, 5.74) is 1.08. The zero-order valence-electron chi connectivity index (χ0n) is 9.74. The van der Waals surface area contributed by atoms with Gasteiger partial charge in [-0.05, 0) is 0 Å². The molecule has 0 aliphatic heterocycles. The molecule has 7 heteroatoms. The van der Waals surface area contributed by atoms with Crippen LogP contribution in [-0.2, 0) is 26.7 Å². The van der Waals surface area contributed by atoms with E-state index in [1.807, 2.05) is 13.2 Å². The van der Waals surface area contributed by atoms with Gasteiger partial charge in [-0.15, -0.1) is 0 Å². The number of hydrogen-bond donors (Lipinski definition) is 2. The molecule has 2 rings (SSSR count). The molecule has 0 unspecified atom stereocenters. The van der Waals surface area contributed by atoms with Gasteiger partial charge in [0.2, 0.25) is 0 Å². The lowest BCUT2D eigenvalue weighted by Crippen LogP contribution is -2.13. The molecule has 0 bridgehead atoms. The Bertz CT molecular complexity index is 463.